The molecule has 1 N–H and O–H groups in total. The van der Waals surface area contributed by atoms with Gasteiger partial charge in [-0.2, -0.15) is 0 Å². The van der Waals surface area contributed by atoms with Crippen molar-refractivity contribution in [2.75, 3.05) is 0 Å². The van der Waals surface area contributed by atoms with E-state index in [0.29, 0.717) is 6.04 Å². The normalized spacial score (nSPS) is 18.1. The van der Waals surface area contributed by atoms with Crippen molar-refractivity contribution in [3.63, 3.8) is 0 Å². The van der Waals surface area contributed by atoms with Gasteiger partial charge in [0, 0.05) is 30.5 Å². The fraction of sp³-hybridized carbons (Fsp3) is 0.375. The van der Waals surface area contributed by atoms with Crippen LogP contribution in [0.15, 0.2) is 36.9 Å². The van der Waals surface area contributed by atoms with E-state index in [9.17, 15) is 0 Å². The third-order valence-electron chi connectivity index (χ3n) is 3.78. The Morgan fingerprint density at radius 3 is 2.95 bits per heavy atom. The summed E-state index contributed by atoms with van der Waals surface area (Å²) in [4.78, 5) is 8.11. The van der Waals surface area contributed by atoms with Gasteiger partial charge in [-0.3, -0.25) is 0 Å². The second-order valence-electron chi connectivity index (χ2n) is 5.27. The molecule has 0 saturated heterocycles. The minimum absolute atomic E-state index is 0.462. The quantitative estimate of drug-likeness (QED) is 0.914. The topological polar surface area (TPSA) is 37.8 Å². The molecule has 1 aliphatic rings. The largest absolute Gasteiger partial charge is 0.306 e. The summed E-state index contributed by atoms with van der Waals surface area (Å²) in [6.07, 6.45) is 9.01. The van der Waals surface area contributed by atoms with Crippen molar-refractivity contribution in [3.8, 4) is 0 Å². The summed E-state index contributed by atoms with van der Waals surface area (Å²) in [5.41, 5.74) is 5.46. The molecule has 0 bridgehead atoms. The number of fused-ring (bicyclic) bond motifs is 1. The van der Waals surface area contributed by atoms with E-state index in [-0.39, 0.29) is 0 Å². The van der Waals surface area contributed by atoms with Crippen molar-refractivity contribution in [1.29, 1.82) is 0 Å². The van der Waals surface area contributed by atoms with Crippen LogP contribution >= 0.6 is 0 Å². The Labute approximate surface area is 114 Å². The summed E-state index contributed by atoms with van der Waals surface area (Å²) < 4.78 is 0. The number of aromatic nitrogens is 2. The van der Waals surface area contributed by atoms with Crippen LogP contribution in [0.3, 0.4) is 0 Å². The lowest BCUT2D eigenvalue weighted by atomic mass is 9.86. The molecule has 3 nitrogen and oxygen atoms in total. The molecular formula is C16H19N3. The molecule has 0 radical (unpaired) electrons. The lowest BCUT2D eigenvalue weighted by Gasteiger charge is -2.27. The number of nitrogens with zero attached hydrogens (tertiary/aromatic N) is 2. The molecule has 1 heterocycles. The number of nitrogens with one attached hydrogen (secondary N) is 1. The van der Waals surface area contributed by atoms with Crippen LogP contribution in [-0.4, -0.2) is 9.97 Å². The maximum Gasteiger partial charge on any atom is 0.115 e. The summed E-state index contributed by atoms with van der Waals surface area (Å²) in [6, 6.07) is 7.29. The Morgan fingerprint density at radius 1 is 1.26 bits per heavy atom. The molecule has 1 aromatic carbocycles. The van der Waals surface area contributed by atoms with E-state index in [1.54, 1.807) is 6.33 Å². The molecule has 0 saturated carbocycles. The summed E-state index contributed by atoms with van der Waals surface area (Å²) >= 11 is 0. The van der Waals surface area contributed by atoms with Crippen molar-refractivity contribution in [1.82, 2.24) is 15.3 Å². The number of rotatable bonds is 3. The zero-order valence-electron chi connectivity index (χ0n) is 11.3. The zero-order chi connectivity index (χ0) is 13.1. The van der Waals surface area contributed by atoms with Crippen LogP contribution in [0.25, 0.3) is 0 Å². The highest BCUT2D eigenvalue weighted by Crippen LogP contribution is 2.30. The molecule has 19 heavy (non-hydrogen) atoms. The second kappa shape index (κ2) is 5.49. The molecule has 0 fully saturated rings. The van der Waals surface area contributed by atoms with E-state index >= 15 is 0 Å². The van der Waals surface area contributed by atoms with Crippen LogP contribution in [0.2, 0.25) is 0 Å². The Bertz CT molecular complexity index is 551. The Morgan fingerprint density at radius 2 is 2.11 bits per heavy atom. The summed E-state index contributed by atoms with van der Waals surface area (Å²) in [5.74, 6) is 0. The van der Waals surface area contributed by atoms with Crippen LogP contribution in [0.4, 0.5) is 0 Å². The second-order valence-corrected chi connectivity index (χ2v) is 5.27. The lowest BCUT2D eigenvalue weighted by Crippen LogP contribution is -2.25. The smallest absolute Gasteiger partial charge is 0.115 e. The molecule has 0 spiro atoms. The summed E-state index contributed by atoms with van der Waals surface area (Å²) in [6.45, 7) is 3.00. The molecule has 98 valence electrons. The number of hydrogen-bond donors (Lipinski definition) is 1. The van der Waals surface area contributed by atoms with Gasteiger partial charge in [0.05, 0.1) is 0 Å². The molecule has 0 unspecified atom stereocenters. The standard InChI is InChI=1S/C16H19N3/c1-12-5-6-14-3-2-4-16(15(14)7-12)19-10-13-8-17-11-18-9-13/h5-9,11,16,19H,2-4,10H2,1H3/t16-/m1/s1. The van der Waals surface area contributed by atoms with E-state index in [2.05, 4.69) is 40.4 Å². The van der Waals surface area contributed by atoms with Gasteiger partial charge in [0.15, 0.2) is 0 Å². The fourth-order valence-electron chi connectivity index (χ4n) is 2.79. The molecule has 0 aliphatic heterocycles. The molecule has 3 heteroatoms. The fourth-order valence-corrected chi connectivity index (χ4v) is 2.79. The first-order valence-corrected chi connectivity index (χ1v) is 6.89. The van der Waals surface area contributed by atoms with Gasteiger partial charge in [-0.25, -0.2) is 9.97 Å². The van der Waals surface area contributed by atoms with Gasteiger partial charge in [0.25, 0.3) is 0 Å². The highest BCUT2D eigenvalue weighted by atomic mass is 14.9. The molecule has 1 aromatic heterocycles. The third kappa shape index (κ3) is 2.82. The van der Waals surface area contributed by atoms with Gasteiger partial charge in [-0.15, -0.1) is 0 Å². The van der Waals surface area contributed by atoms with E-state index in [0.717, 1.165) is 12.1 Å². The van der Waals surface area contributed by atoms with Gasteiger partial charge in [-0.1, -0.05) is 23.8 Å². The van der Waals surface area contributed by atoms with E-state index in [1.165, 1.54) is 36.0 Å². The lowest BCUT2D eigenvalue weighted by molar-refractivity contribution is 0.458. The maximum atomic E-state index is 4.06. The van der Waals surface area contributed by atoms with Gasteiger partial charge in [-0.05, 0) is 37.3 Å². The predicted octanol–water partition coefficient (Wildman–Crippen LogP) is 2.95. The van der Waals surface area contributed by atoms with Gasteiger partial charge in [0.2, 0.25) is 0 Å². The van der Waals surface area contributed by atoms with Gasteiger partial charge < -0.3 is 5.32 Å². The highest BCUT2D eigenvalue weighted by Gasteiger charge is 2.19. The number of hydrogen-bond acceptors (Lipinski definition) is 3. The van der Waals surface area contributed by atoms with Crippen molar-refractivity contribution >= 4 is 0 Å². The molecule has 3 rings (SSSR count). The van der Waals surface area contributed by atoms with E-state index in [4.69, 9.17) is 0 Å². The van der Waals surface area contributed by atoms with Crippen molar-refractivity contribution in [2.45, 2.75) is 38.8 Å². The maximum absolute atomic E-state index is 4.06. The van der Waals surface area contributed by atoms with Gasteiger partial charge >= 0.3 is 0 Å². The third-order valence-corrected chi connectivity index (χ3v) is 3.78. The average molecular weight is 253 g/mol. The molecule has 1 atom stereocenters. The predicted molar refractivity (Wildman–Crippen MR) is 75.7 cm³/mol. The monoisotopic (exact) mass is 253 g/mol. The number of benzene rings is 1. The molecule has 0 amide bonds. The highest BCUT2D eigenvalue weighted by molar-refractivity contribution is 5.35. The average Bonchev–Trinajstić information content (AvgIpc) is 2.46. The van der Waals surface area contributed by atoms with E-state index < -0.39 is 0 Å². The van der Waals surface area contributed by atoms with Gasteiger partial charge in [0.1, 0.15) is 6.33 Å². The van der Waals surface area contributed by atoms with Crippen molar-refractivity contribution in [2.24, 2.45) is 0 Å². The minimum Gasteiger partial charge on any atom is -0.306 e. The van der Waals surface area contributed by atoms with Crippen LogP contribution < -0.4 is 5.32 Å². The first-order chi connectivity index (χ1) is 9.33. The molecular weight excluding hydrogens is 234 g/mol. The minimum atomic E-state index is 0.462. The van der Waals surface area contributed by atoms with E-state index in [1.807, 2.05) is 12.4 Å². The first-order valence-electron chi connectivity index (χ1n) is 6.89. The molecule has 1 aliphatic carbocycles. The summed E-state index contributed by atoms with van der Waals surface area (Å²) in [5, 5.41) is 3.64. The van der Waals surface area contributed by atoms with Crippen LogP contribution in [0.5, 0.6) is 0 Å². The van der Waals surface area contributed by atoms with Crippen molar-refractivity contribution < 1.29 is 0 Å². The Balaban J connectivity index is 1.75. The van der Waals surface area contributed by atoms with Crippen LogP contribution in [0.1, 0.15) is 41.1 Å². The van der Waals surface area contributed by atoms with Crippen LogP contribution in [-0.2, 0) is 13.0 Å². The summed E-state index contributed by atoms with van der Waals surface area (Å²) in [7, 11) is 0. The SMILES string of the molecule is Cc1ccc2c(c1)[C@H](NCc1cncnc1)CCC2. The van der Waals surface area contributed by atoms with Crippen LogP contribution in [0, 0.1) is 6.92 Å². The van der Waals surface area contributed by atoms with Crippen molar-refractivity contribution in [3.05, 3.63) is 59.2 Å². The zero-order valence-corrected chi connectivity index (χ0v) is 11.3. The number of aryl methyl sites for hydroxylation is 2. The Kier molecular flexibility index (Phi) is 3.56. The first kappa shape index (κ1) is 12.3. The Hall–Kier alpha value is -1.74. The molecule has 2 aromatic rings.